The van der Waals surface area contributed by atoms with Gasteiger partial charge in [0, 0.05) is 6.54 Å². The van der Waals surface area contributed by atoms with Crippen LogP contribution >= 0.6 is 0 Å². The first kappa shape index (κ1) is 10.5. The summed E-state index contributed by atoms with van der Waals surface area (Å²) in [5, 5.41) is 0. The Morgan fingerprint density at radius 1 is 1.29 bits per heavy atom. The van der Waals surface area contributed by atoms with Crippen LogP contribution in [0.1, 0.15) is 47.0 Å². The Balaban J connectivity index is 1.93. The van der Waals surface area contributed by atoms with E-state index in [0.717, 1.165) is 11.3 Å². The molecular weight excluding hydrogens is 170 g/mol. The van der Waals surface area contributed by atoms with E-state index < -0.39 is 0 Å². The first-order valence-electron chi connectivity index (χ1n) is 6.22. The Morgan fingerprint density at radius 2 is 1.93 bits per heavy atom. The van der Waals surface area contributed by atoms with E-state index in [4.69, 9.17) is 0 Å². The third kappa shape index (κ3) is 1.50. The second-order valence-electron chi connectivity index (χ2n) is 6.28. The average Bonchev–Trinajstić information content (AvgIpc) is 2.47. The summed E-state index contributed by atoms with van der Waals surface area (Å²) >= 11 is 0. The summed E-state index contributed by atoms with van der Waals surface area (Å²) in [6.07, 6.45) is 4.42. The standard InChI is InChI=1S/C13H25N/c1-5-14-7-6-13(10-14)8-12(4,9-13)11(2)3/h11H,5-10H2,1-4H3. The van der Waals surface area contributed by atoms with E-state index in [1.165, 1.54) is 38.9 Å². The van der Waals surface area contributed by atoms with Gasteiger partial charge < -0.3 is 4.90 Å². The van der Waals surface area contributed by atoms with E-state index in [-0.39, 0.29) is 0 Å². The molecule has 2 aliphatic rings. The smallest absolute Gasteiger partial charge is 0.00387 e. The molecule has 0 N–H and O–H groups in total. The zero-order valence-electron chi connectivity index (χ0n) is 10.3. The van der Waals surface area contributed by atoms with Crippen LogP contribution in [-0.2, 0) is 0 Å². The Bertz CT molecular complexity index is 213. The van der Waals surface area contributed by atoms with E-state index in [1.54, 1.807) is 0 Å². The van der Waals surface area contributed by atoms with Crippen molar-refractivity contribution < 1.29 is 0 Å². The molecule has 0 radical (unpaired) electrons. The van der Waals surface area contributed by atoms with Crippen molar-refractivity contribution in [3.63, 3.8) is 0 Å². The van der Waals surface area contributed by atoms with Gasteiger partial charge in [-0.2, -0.15) is 0 Å². The van der Waals surface area contributed by atoms with E-state index in [9.17, 15) is 0 Å². The Hall–Kier alpha value is -0.0400. The molecule has 0 amide bonds. The Kier molecular flexibility index (Phi) is 2.42. The summed E-state index contributed by atoms with van der Waals surface area (Å²) < 4.78 is 0. The minimum atomic E-state index is 0.656. The lowest BCUT2D eigenvalue weighted by atomic mass is 9.49. The fourth-order valence-corrected chi connectivity index (χ4v) is 3.66. The van der Waals surface area contributed by atoms with E-state index in [1.807, 2.05) is 0 Å². The number of hydrogen-bond acceptors (Lipinski definition) is 1. The van der Waals surface area contributed by atoms with Crippen LogP contribution in [0, 0.1) is 16.7 Å². The van der Waals surface area contributed by atoms with Crippen LogP contribution in [0.3, 0.4) is 0 Å². The maximum Gasteiger partial charge on any atom is 0.00387 e. The van der Waals surface area contributed by atoms with Crippen molar-refractivity contribution in [3.05, 3.63) is 0 Å². The fraction of sp³-hybridized carbons (Fsp3) is 1.00. The van der Waals surface area contributed by atoms with E-state index >= 15 is 0 Å². The molecule has 1 saturated carbocycles. The number of nitrogens with zero attached hydrogens (tertiary/aromatic N) is 1. The number of hydrogen-bond donors (Lipinski definition) is 0. The highest BCUT2D eigenvalue weighted by Gasteiger charge is 2.54. The molecule has 2 fully saturated rings. The highest BCUT2D eigenvalue weighted by Crippen LogP contribution is 2.61. The van der Waals surface area contributed by atoms with E-state index in [0.29, 0.717) is 5.41 Å². The zero-order chi connectivity index (χ0) is 10.4. The molecule has 14 heavy (non-hydrogen) atoms. The molecule has 1 aliphatic carbocycles. The maximum atomic E-state index is 2.62. The molecule has 0 atom stereocenters. The van der Waals surface area contributed by atoms with Crippen molar-refractivity contribution in [1.29, 1.82) is 0 Å². The average molecular weight is 195 g/mol. The van der Waals surface area contributed by atoms with Crippen LogP contribution in [0.15, 0.2) is 0 Å². The fourth-order valence-electron chi connectivity index (χ4n) is 3.66. The molecule has 1 spiro atoms. The second kappa shape index (κ2) is 3.23. The van der Waals surface area contributed by atoms with Gasteiger partial charge in [0.15, 0.2) is 0 Å². The molecule has 82 valence electrons. The zero-order valence-corrected chi connectivity index (χ0v) is 10.3. The lowest BCUT2D eigenvalue weighted by molar-refractivity contribution is -0.0525. The summed E-state index contributed by atoms with van der Waals surface area (Å²) in [5.74, 6) is 0.865. The highest BCUT2D eigenvalue weighted by molar-refractivity contribution is 5.06. The molecule has 0 aromatic rings. The molecule has 1 saturated heterocycles. The number of likely N-dealkylation sites (tertiary alicyclic amines) is 1. The van der Waals surface area contributed by atoms with Crippen LogP contribution < -0.4 is 0 Å². The summed E-state index contributed by atoms with van der Waals surface area (Å²) in [7, 11) is 0. The molecule has 1 aliphatic heterocycles. The second-order valence-corrected chi connectivity index (χ2v) is 6.28. The van der Waals surface area contributed by atoms with Crippen LogP contribution in [0.2, 0.25) is 0 Å². The lowest BCUT2D eigenvalue weighted by Crippen LogP contribution is -2.49. The van der Waals surface area contributed by atoms with Gasteiger partial charge in [-0.3, -0.25) is 0 Å². The SMILES string of the molecule is CCN1CCC2(C1)CC(C)(C(C)C)C2. The molecular formula is C13H25N. The molecule has 0 aromatic carbocycles. The van der Waals surface area contributed by atoms with Gasteiger partial charge >= 0.3 is 0 Å². The van der Waals surface area contributed by atoms with Gasteiger partial charge in [0.1, 0.15) is 0 Å². The van der Waals surface area contributed by atoms with Crippen LogP contribution in [-0.4, -0.2) is 24.5 Å². The first-order valence-corrected chi connectivity index (χ1v) is 6.22. The summed E-state index contributed by atoms with van der Waals surface area (Å²) in [6, 6.07) is 0. The number of rotatable bonds is 2. The predicted octanol–water partition coefficient (Wildman–Crippen LogP) is 3.15. The quantitative estimate of drug-likeness (QED) is 0.654. The minimum absolute atomic E-state index is 0.656. The normalized spacial score (nSPS) is 43.5. The summed E-state index contributed by atoms with van der Waals surface area (Å²) in [5.41, 5.74) is 1.39. The van der Waals surface area contributed by atoms with Gasteiger partial charge in [0.25, 0.3) is 0 Å². The van der Waals surface area contributed by atoms with Gasteiger partial charge in [-0.15, -0.1) is 0 Å². The van der Waals surface area contributed by atoms with Gasteiger partial charge in [-0.05, 0) is 49.1 Å². The van der Waals surface area contributed by atoms with Crippen LogP contribution in [0.5, 0.6) is 0 Å². The molecule has 1 nitrogen and oxygen atoms in total. The van der Waals surface area contributed by atoms with Crippen molar-refractivity contribution in [2.45, 2.75) is 47.0 Å². The highest BCUT2D eigenvalue weighted by atomic mass is 15.2. The first-order chi connectivity index (χ1) is 6.50. The molecule has 2 rings (SSSR count). The van der Waals surface area contributed by atoms with Crippen molar-refractivity contribution in [1.82, 2.24) is 4.90 Å². The summed E-state index contributed by atoms with van der Waals surface area (Å²) in [4.78, 5) is 2.62. The maximum absolute atomic E-state index is 2.62. The third-order valence-corrected chi connectivity index (χ3v) is 4.92. The van der Waals surface area contributed by atoms with Crippen LogP contribution in [0.4, 0.5) is 0 Å². The topological polar surface area (TPSA) is 3.24 Å². The predicted molar refractivity (Wildman–Crippen MR) is 61.3 cm³/mol. The van der Waals surface area contributed by atoms with Crippen molar-refractivity contribution in [2.24, 2.45) is 16.7 Å². The Labute approximate surface area is 88.9 Å². The molecule has 0 bridgehead atoms. The monoisotopic (exact) mass is 195 g/mol. The van der Waals surface area contributed by atoms with Crippen LogP contribution in [0.25, 0.3) is 0 Å². The minimum Gasteiger partial charge on any atom is -0.303 e. The van der Waals surface area contributed by atoms with E-state index in [2.05, 4.69) is 32.6 Å². The van der Waals surface area contributed by atoms with Gasteiger partial charge in [0.05, 0.1) is 0 Å². The lowest BCUT2D eigenvalue weighted by Gasteiger charge is -2.56. The molecule has 0 aromatic heterocycles. The van der Waals surface area contributed by atoms with Gasteiger partial charge in [-0.1, -0.05) is 27.7 Å². The third-order valence-electron chi connectivity index (χ3n) is 4.92. The van der Waals surface area contributed by atoms with Crippen molar-refractivity contribution in [3.8, 4) is 0 Å². The molecule has 0 unspecified atom stereocenters. The largest absolute Gasteiger partial charge is 0.303 e. The van der Waals surface area contributed by atoms with Gasteiger partial charge in [0.2, 0.25) is 0 Å². The molecule has 1 heterocycles. The van der Waals surface area contributed by atoms with Gasteiger partial charge in [-0.25, -0.2) is 0 Å². The molecule has 1 heteroatoms. The van der Waals surface area contributed by atoms with Crippen molar-refractivity contribution in [2.75, 3.05) is 19.6 Å². The summed E-state index contributed by atoms with van der Waals surface area (Å²) in [6.45, 7) is 13.5. The van der Waals surface area contributed by atoms with Crippen molar-refractivity contribution >= 4 is 0 Å². The Morgan fingerprint density at radius 3 is 2.36 bits per heavy atom.